The summed E-state index contributed by atoms with van der Waals surface area (Å²) in [4.78, 5) is 16.1. The Morgan fingerprint density at radius 3 is 2.60 bits per heavy atom. The fourth-order valence-electron chi connectivity index (χ4n) is 1.86. The quantitative estimate of drug-likeness (QED) is 0.774. The number of pyridine rings is 1. The molecule has 0 N–H and O–H groups in total. The molecule has 0 bridgehead atoms. The van der Waals surface area contributed by atoms with Gasteiger partial charge in [0.2, 0.25) is 0 Å². The van der Waals surface area contributed by atoms with Crippen LogP contribution >= 0.6 is 0 Å². The summed E-state index contributed by atoms with van der Waals surface area (Å²) >= 11 is 0. The van der Waals surface area contributed by atoms with E-state index >= 15 is 0 Å². The van der Waals surface area contributed by atoms with Gasteiger partial charge in [0.05, 0.1) is 6.61 Å². The zero-order valence-corrected chi connectivity index (χ0v) is 11.7. The van der Waals surface area contributed by atoms with Crippen LogP contribution in [0.3, 0.4) is 0 Å². The van der Waals surface area contributed by atoms with Gasteiger partial charge in [0.25, 0.3) is 0 Å². The summed E-state index contributed by atoms with van der Waals surface area (Å²) in [5, 5.41) is 0. The van der Waals surface area contributed by atoms with Gasteiger partial charge >= 0.3 is 0 Å². The standard InChI is InChI=1S/C17H19NO2/c1-2-14-8-9-15(18-13-14)12-16(19)10-11-20-17-6-4-3-5-7-17/h3-9,13H,2,10-12H2,1H3. The summed E-state index contributed by atoms with van der Waals surface area (Å²) in [6, 6.07) is 13.5. The first-order valence-corrected chi connectivity index (χ1v) is 6.91. The zero-order valence-electron chi connectivity index (χ0n) is 11.7. The number of ketones is 1. The van der Waals surface area contributed by atoms with Gasteiger partial charge in [-0.1, -0.05) is 31.2 Å². The third-order valence-electron chi connectivity index (χ3n) is 3.07. The van der Waals surface area contributed by atoms with Crippen LogP contribution < -0.4 is 4.74 Å². The van der Waals surface area contributed by atoms with Gasteiger partial charge in [-0.3, -0.25) is 9.78 Å². The molecular formula is C17H19NO2. The highest BCUT2D eigenvalue weighted by atomic mass is 16.5. The summed E-state index contributed by atoms with van der Waals surface area (Å²) in [7, 11) is 0. The van der Waals surface area contributed by atoms with Crippen LogP contribution in [0.25, 0.3) is 0 Å². The van der Waals surface area contributed by atoms with Crippen molar-refractivity contribution in [3.05, 3.63) is 59.9 Å². The highest BCUT2D eigenvalue weighted by Gasteiger charge is 2.05. The van der Waals surface area contributed by atoms with Crippen LogP contribution in [0.4, 0.5) is 0 Å². The maximum atomic E-state index is 11.8. The molecule has 1 aromatic carbocycles. The van der Waals surface area contributed by atoms with E-state index in [4.69, 9.17) is 4.74 Å². The van der Waals surface area contributed by atoms with Crippen molar-refractivity contribution in [2.24, 2.45) is 0 Å². The lowest BCUT2D eigenvalue weighted by molar-refractivity contribution is -0.118. The molecule has 0 unspecified atom stereocenters. The topological polar surface area (TPSA) is 39.2 Å². The number of hydrogen-bond acceptors (Lipinski definition) is 3. The van der Waals surface area contributed by atoms with Crippen LogP contribution in [-0.4, -0.2) is 17.4 Å². The van der Waals surface area contributed by atoms with Crippen molar-refractivity contribution in [2.75, 3.05) is 6.61 Å². The molecule has 104 valence electrons. The predicted octanol–water partition coefficient (Wildman–Crippen LogP) is 3.22. The number of carbonyl (C=O) groups excluding carboxylic acids is 1. The van der Waals surface area contributed by atoms with E-state index in [-0.39, 0.29) is 5.78 Å². The molecule has 0 radical (unpaired) electrons. The first kappa shape index (κ1) is 14.3. The van der Waals surface area contributed by atoms with Crippen molar-refractivity contribution in [1.29, 1.82) is 0 Å². The molecule has 0 amide bonds. The average Bonchev–Trinajstić information content (AvgIpc) is 2.49. The lowest BCUT2D eigenvalue weighted by atomic mass is 10.1. The predicted molar refractivity (Wildman–Crippen MR) is 78.9 cm³/mol. The Labute approximate surface area is 119 Å². The number of rotatable bonds is 7. The summed E-state index contributed by atoms with van der Waals surface area (Å²) in [5.41, 5.74) is 2.01. The van der Waals surface area contributed by atoms with Gasteiger partial charge in [0.15, 0.2) is 0 Å². The summed E-state index contributed by atoms with van der Waals surface area (Å²) in [6.45, 7) is 2.50. The Kier molecular flexibility index (Phi) is 5.30. The van der Waals surface area contributed by atoms with Crippen molar-refractivity contribution >= 4 is 5.78 Å². The molecule has 1 aromatic heterocycles. The van der Waals surface area contributed by atoms with E-state index in [1.165, 1.54) is 5.56 Å². The third-order valence-corrected chi connectivity index (χ3v) is 3.07. The smallest absolute Gasteiger partial charge is 0.142 e. The van der Waals surface area contributed by atoms with Gasteiger partial charge in [-0.15, -0.1) is 0 Å². The minimum absolute atomic E-state index is 0.151. The van der Waals surface area contributed by atoms with E-state index in [0.29, 0.717) is 19.4 Å². The molecule has 0 atom stereocenters. The van der Waals surface area contributed by atoms with Crippen molar-refractivity contribution < 1.29 is 9.53 Å². The van der Waals surface area contributed by atoms with Gasteiger partial charge in [-0.2, -0.15) is 0 Å². The van der Waals surface area contributed by atoms with Crippen LogP contribution in [0.5, 0.6) is 5.75 Å². The number of ether oxygens (including phenoxy) is 1. The number of para-hydroxylation sites is 1. The number of carbonyl (C=O) groups is 1. The van der Waals surface area contributed by atoms with Crippen molar-refractivity contribution in [2.45, 2.75) is 26.2 Å². The highest BCUT2D eigenvalue weighted by molar-refractivity contribution is 5.80. The lowest BCUT2D eigenvalue weighted by Gasteiger charge is -2.05. The molecule has 20 heavy (non-hydrogen) atoms. The number of nitrogens with zero attached hydrogens (tertiary/aromatic N) is 1. The molecule has 2 aromatic rings. The van der Waals surface area contributed by atoms with Gasteiger partial charge in [-0.05, 0) is 30.2 Å². The Bertz CT molecular complexity index is 535. The Morgan fingerprint density at radius 1 is 1.15 bits per heavy atom. The van der Waals surface area contributed by atoms with E-state index in [0.717, 1.165) is 17.9 Å². The molecule has 0 saturated carbocycles. The second-order valence-corrected chi connectivity index (χ2v) is 4.64. The average molecular weight is 269 g/mol. The number of aromatic nitrogens is 1. The van der Waals surface area contributed by atoms with Crippen molar-refractivity contribution in [1.82, 2.24) is 4.98 Å². The minimum atomic E-state index is 0.151. The maximum absolute atomic E-state index is 11.8. The number of hydrogen-bond donors (Lipinski definition) is 0. The summed E-state index contributed by atoms with van der Waals surface area (Å²) in [5.74, 6) is 0.948. The van der Waals surface area contributed by atoms with Gasteiger partial charge in [0.1, 0.15) is 11.5 Å². The monoisotopic (exact) mass is 269 g/mol. The second kappa shape index (κ2) is 7.43. The van der Waals surface area contributed by atoms with Gasteiger partial charge in [-0.25, -0.2) is 0 Å². The number of benzene rings is 1. The highest BCUT2D eigenvalue weighted by Crippen LogP contribution is 2.09. The molecule has 0 saturated heterocycles. The van der Waals surface area contributed by atoms with E-state index in [1.807, 2.05) is 48.7 Å². The van der Waals surface area contributed by atoms with Gasteiger partial charge in [0, 0.05) is 24.7 Å². The molecule has 0 aliphatic rings. The van der Waals surface area contributed by atoms with Crippen LogP contribution in [0, 0.1) is 0 Å². The molecule has 1 heterocycles. The summed E-state index contributed by atoms with van der Waals surface area (Å²) < 4.78 is 5.51. The third kappa shape index (κ3) is 4.50. The molecule has 0 aliphatic heterocycles. The first-order valence-electron chi connectivity index (χ1n) is 6.91. The van der Waals surface area contributed by atoms with Gasteiger partial charge < -0.3 is 4.74 Å². The van der Waals surface area contributed by atoms with Crippen molar-refractivity contribution in [3.8, 4) is 5.75 Å². The maximum Gasteiger partial charge on any atom is 0.142 e. The Morgan fingerprint density at radius 2 is 1.95 bits per heavy atom. The fraction of sp³-hybridized carbons (Fsp3) is 0.294. The first-order chi connectivity index (χ1) is 9.78. The molecule has 3 nitrogen and oxygen atoms in total. The van der Waals surface area contributed by atoms with Crippen LogP contribution in [-0.2, 0) is 17.6 Å². The van der Waals surface area contributed by atoms with E-state index in [2.05, 4.69) is 11.9 Å². The molecule has 2 rings (SSSR count). The fourth-order valence-corrected chi connectivity index (χ4v) is 1.86. The molecule has 3 heteroatoms. The Hall–Kier alpha value is -2.16. The summed E-state index contributed by atoms with van der Waals surface area (Å²) in [6.07, 6.45) is 3.59. The van der Waals surface area contributed by atoms with E-state index < -0.39 is 0 Å². The largest absolute Gasteiger partial charge is 0.493 e. The molecule has 0 fully saturated rings. The van der Waals surface area contributed by atoms with Crippen LogP contribution in [0.1, 0.15) is 24.6 Å². The Balaban J connectivity index is 1.74. The normalized spacial score (nSPS) is 10.2. The minimum Gasteiger partial charge on any atom is -0.493 e. The van der Waals surface area contributed by atoms with E-state index in [9.17, 15) is 4.79 Å². The molecule has 0 spiro atoms. The van der Waals surface area contributed by atoms with Crippen molar-refractivity contribution in [3.63, 3.8) is 0 Å². The number of Topliss-reactive ketones (excluding diaryl/α,β-unsaturated/α-hetero) is 1. The molecule has 0 aliphatic carbocycles. The SMILES string of the molecule is CCc1ccc(CC(=O)CCOc2ccccc2)nc1. The second-order valence-electron chi connectivity index (χ2n) is 4.64. The zero-order chi connectivity index (χ0) is 14.2. The lowest BCUT2D eigenvalue weighted by Crippen LogP contribution is -2.09. The number of aryl methyl sites for hydroxylation is 1. The van der Waals surface area contributed by atoms with Crippen LogP contribution in [0.15, 0.2) is 48.7 Å². The van der Waals surface area contributed by atoms with Crippen LogP contribution in [0.2, 0.25) is 0 Å². The molecular weight excluding hydrogens is 250 g/mol. The van der Waals surface area contributed by atoms with E-state index in [1.54, 1.807) is 0 Å².